The van der Waals surface area contributed by atoms with Gasteiger partial charge in [0.1, 0.15) is 29.5 Å². The van der Waals surface area contributed by atoms with Crippen LogP contribution in [0.5, 0.6) is 0 Å². The van der Waals surface area contributed by atoms with Gasteiger partial charge in [-0.1, -0.05) is 6.07 Å². The van der Waals surface area contributed by atoms with Crippen molar-refractivity contribution < 1.29 is 18.8 Å². The lowest BCUT2D eigenvalue weighted by Crippen LogP contribution is -2.47. The summed E-state index contributed by atoms with van der Waals surface area (Å²) in [4.78, 5) is 44.9. The predicted octanol–water partition coefficient (Wildman–Crippen LogP) is 1.47. The molecule has 4 rings (SSSR count). The molecule has 1 atom stereocenters. The first kappa shape index (κ1) is 18.6. The first-order valence-electron chi connectivity index (χ1n) is 8.56. The van der Waals surface area contributed by atoms with Gasteiger partial charge >= 0.3 is 0 Å². The van der Waals surface area contributed by atoms with Crippen molar-refractivity contribution in [1.29, 1.82) is 0 Å². The first-order chi connectivity index (χ1) is 14.0. The quantitative estimate of drug-likeness (QED) is 0.444. The summed E-state index contributed by atoms with van der Waals surface area (Å²) in [6, 6.07) is 5.89. The Morgan fingerprint density at radius 3 is 2.90 bits per heavy atom. The van der Waals surface area contributed by atoms with Crippen LogP contribution in [0.2, 0.25) is 0 Å². The molecule has 3 N–H and O–H groups in total. The lowest BCUT2D eigenvalue weighted by atomic mass is 10.0. The van der Waals surface area contributed by atoms with Gasteiger partial charge in [0.25, 0.3) is 11.8 Å². The molecular formula is C19H15N5O4S. The Morgan fingerprint density at radius 2 is 2.14 bits per heavy atom. The van der Waals surface area contributed by atoms with Gasteiger partial charge in [0, 0.05) is 18.2 Å². The fraction of sp³-hybridized carbons (Fsp3) is 0.105. The number of pyridine rings is 1. The number of imidazole rings is 1. The van der Waals surface area contributed by atoms with Gasteiger partial charge in [0.15, 0.2) is 0 Å². The number of aromatic nitrogens is 3. The van der Waals surface area contributed by atoms with Crippen molar-refractivity contribution in [3.8, 4) is 5.82 Å². The Hall–Kier alpha value is -3.79. The number of thiophene rings is 1. The van der Waals surface area contributed by atoms with Crippen molar-refractivity contribution >= 4 is 39.2 Å². The second kappa shape index (κ2) is 7.68. The van der Waals surface area contributed by atoms with Crippen LogP contribution in [-0.4, -0.2) is 38.2 Å². The summed E-state index contributed by atoms with van der Waals surface area (Å²) in [7, 11) is 0. The summed E-state index contributed by atoms with van der Waals surface area (Å²) < 4.78 is 7.76. The second-order valence-corrected chi connectivity index (χ2v) is 7.09. The maximum Gasteiger partial charge on any atom is 0.287 e. The van der Waals surface area contributed by atoms with Crippen LogP contribution in [-0.2, 0) is 16.0 Å². The maximum absolute atomic E-state index is 12.9. The topological polar surface area (TPSA) is 133 Å². The number of carbonyl (C=O) groups excluding carboxylic acids is 3. The summed E-state index contributed by atoms with van der Waals surface area (Å²) in [6.45, 7) is 0. The number of nitrogens with two attached hydrogens (primary N) is 1. The van der Waals surface area contributed by atoms with E-state index in [4.69, 9.17) is 10.2 Å². The predicted molar refractivity (Wildman–Crippen MR) is 105 cm³/mol. The van der Waals surface area contributed by atoms with E-state index < -0.39 is 23.6 Å². The van der Waals surface area contributed by atoms with Crippen molar-refractivity contribution in [2.45, 2.75) is 12.5 Å². The van der Waals surface area contributed by atoms with E-state index in [9.17, 15) is 14.4 Å². The smallest absolute Gasteiger partial charge is 0.287 e. The zero-order valence-corrected chi connectivity index (χ0v) is 15.8. The molecule has 4 aromatic rings. The van der Waals surface area contributed by atoms with Crippen LogP contribution in [0.4, 0.5) is 0 Å². The summed E-state index contributed by atoms with van der Waals surface area (Å²) in [5.41, 5.74) is 6.73. The van der Waals surface area contributed by atoms with Crippen molar-refractivity contribution in [2.75, 3.05) is 0 Å². The van der Waals surface area contributed by atoms with Gasteiger partial charge < -0.3 is 15.5 Å². The molecule has 1 unspecified atom stereocenters. The average Bonchev–Trinajstić information content (AvgIpc) is 3.45. The Labute approximate surface area is 168 Å². The molecule has 4 heterocycles. The molecule has 0 aliphatic carbocycles. The molecular weight excluding hydrogens is 394 g/mol. The van der Waals surface area contributed by atoms with E-state index in [0.717, 1.165) is 4.70 Å². The molecule has 146 valence electrons. The van der Waals surface area contributed by atoms with E-state index in [1.807, 2.05) is 5.38 Å². The molecule has 0 radical (unpaired) electrons. The van der Waals surface area contributed by atoms with E-state index in [1.54, 1.807) is 30.5 Å². The number of nitrogens with one attached hydrogen (secondary N) is 1. The summed E-state index contributed by atoms with van der Waals surface area (Å²) in [5, 5.41) is 4.44. The van der Waals surface area contributed by atoms with E-state index >= 15 is 0 Å². The number of hydrogen-bond donors (Lipinski definition) is 2. The highest BCUT2D eigenvalue weighted by Crippen LogP contribution is 2.27. The van der Waals surface area contributed by atoms with E-state index in [0.29, 0.717) is 17.0 Å². The second-order valence-electron chi connectivity index (χ2n) is 6.17. The zero-order valence-electron chi connectivity index (χ0n) is 14.9. The number of hydrogen-bond acceptors (Lipinski definition) is 7. The number of ketones is 1. The van der Waals surface area contributed by atoms with Crippen LogP contribution < -0.4 is 11.1 Å². The lowest BCUT2D eigenvalue weighted by molar-refractivity contribution is -0.137. The third kappa shape index (κ3) is 3.65. The first-order valence-corrected chi connectivity index (χ1v) is 9.44. The maximum atomic E-state index is 12.9. The minimum absolute atomic E-state index is 0.0682. The molecule has 0 aromatic carbocycles. The molecule has 29 heavy (non-hydrogen) atoms. The van der Waals surface area contributed by atoms with Crippen LogP contribution in [0, 0.1) is 0 Å². The fourth-order valence-electron chi connectivity index (χ4n) is 2.93. The SMILES string of the molecule is NC(=O)C(=O)C(Cc1coc2ccsc12)NC(=O)c1cncn1-c1ccccn1. The number of nitrogens with zero attached hydrogens (tertiary/aromatic N) is 3. The number of rotatable bonds is 7. The Balaban J connectivity index is 1.61. The van der Waals surface area contributed by atoms with Gasteiger partial charge in [-0.15, -0.1) is 11.3 Å². The number of Topliss-reactive ketones (excluding diaryl/α,β-unsaturated/α-hetero) is 1. The van der Waals surface area contributed by atoms with Crippen molar-refractivity contribution in [3.63, 3.8) is 0 Å². The molecule has 0 fully saturated rings. The Bertz CT molecular complexity index is 1190. The molecule has 10 heteroatoms. The average molecular weight is 409 g/mol. The third-order valence-corrected chi connectivity index (χ3v) is 5.28. The number of furan rings is 1. The number of fused-ring (bicyclic) bond motifs is 1. The number of primary amides is 1. The third-order valence-electron chi connectivity index (χ3n) is 4.30. The highest BCUT2D eigenvalue weighted by molar-refractivity contribution is 7.17. The van der Waals surface area contributed by atoms with Crippen LogP contribution >= 0.6 is 11.3 Å². The molecule has 0 saturated heterocycles. The molecule has 9 nitrogen and oxygen atoms in total. The van der Waals surface area contributed by atoms with Gasteiger partial charge in [0.2, 0.25) is 5.78 Å². The van der Waals surface area contributed by atoms with Crippen LogP contribution in [0.25, 0.3) is 16.1 Å². The standard InChI is InChI=1S/C19H15N5O4S/c20-18(26)16(25)12(7-11-9-28-14-4-6-29-17(11)14)23-19(27)13-8-21-10-24(13)15-3-1-2-5-22-15/h1-6,8-10,12H,7H2,(H2,20,26)(H,23,27). The van der Waals surface area contributed by atoms with Gasteiger partial charge in [-0.2, -0.15) is 0 Å². The van der Waals surface area contributed by atoms with Crippen molar-refractivity contribution in [3.05, 3.63) is 65.9 Å². The van der Waals surface area contributed by atoms with Gasteiger partial charge in [-0.3, -0.25) is 19.0 Å². The molecule has 2 amide bonds. The molecule has 0 bridgehead atoms. The van der Waals surface area contributed by atoms with Crippen molar-refractivity contribution in [1.82, 2.24) is 19.9 Å². The normalized spacial score (nSPS) is 12.0. The minimum atomic E-state index is -1.14. The van der Waals surface area contributed by atoms with Crippen LogP contribution in [0.3, 0.4) is 0 Å². The van der Waals surface area contributed by atoms with Crippen LogP contribution in [0.15, 0.2) is 59.0 Å². The number of amides is 2. The summed E-state index contributed by atoms with van der Waals surface area (Å²) >= 11 is 1.44. The largest absolute Gasteiger partial charge is 0.463 e. The highest BCUT2D eigenvalue weighted by Gasteiger charge is 2.28. The molecule has 0 spiro atoms. The zero-order chi connectivity index (χ0) is 20.4. The van der Waals surface area contributed by atoms with Gasteiger partial charge in [-0.05, 0) is 23.6 Å². The van der Waals surface area contributed by atoms with E-state index in [-0.39, 0.29) is 12.1 Å². The molecule has 0 aliphatic heterocycles. The lowest BCUT2D eigenvalue weighted by Gasteiger charge is -2.16. The van der Waals surface area contributed by atoms with Crippen LogP contribution in [0.1, 0.15) is 16.1 Å². The highest BCUT2D eigenvalue weighted by atomic mass is 32.1. The minimum Gasteiger partial charge on any atom is -0.463 e. The van der Waals surface area contributed by atoms with E-state index in [1.165, 1.54) is 34.7 Å². The van der Waals surface area contributed by atoms with Crippen molar-refractivity contribution in [2.24, 2.45) is 5.73 Å². The Morgan fingerprint density at radius 1 is 1.28 bits per heavy atom. The van der Waals surface area contributed by atoms with Gasteiger partial charge in [-0.25, -0.2) is 9.97 Å². The fourth-order valence-corrected chi connectivity index (χ4v) is 3.77. The Kier molecular flexibility index (Phi) is 4.92. The monoisotopic (exact) mass is 409 g/mol. The van der Waals surface area contributed by atoms with Gasteiger partial charge in [0.05, 0.1) is 17.2 Å². The summed E-state index contributed by atoms with van der Waals surface area (Å²) in [6.07, 6.45) is 5.95. The molecule has 0 aliphatic rings. The summed E-state index contributed by atoms with van der Waals surface area (Å²) in [5.74, 6) is -2.12. The molecule has 0 saturated carbocycles. The molecule has 4 aromatic heterocycles. The van der Waals surface area contributed by atoms with E-state index in [2.05, 4.69) is 15.3 Å². The number of carbonyl (C=O) groups is 3.